The molecule has 1 aliphatic heterocycles. The van der Waals surface area contributed by atoms with E-state index in [4.69, 9.17) is 0 Å². The molecule has 9 heteroatoms. The Hall–Kier alpha value is -2.42. The summed E-state index contributed by atoms with van der Waals surface area (Å²) in [6.07, 6.45) is -3.68. The summed E-state index contributed by atoms with van der Waals surface area (Å²) in [5.41, 5.74) is -2.10. The monoisotopic (exact) mass is 371 g/mol. The first kappa shape index (κ1) is 18.4. The summed E-state index contributed by atoms with van der Waals surface area (Å²) >= 11 is 0. The van der Waals surface area contributed by atoms with Crippen molar-refractivity contribution in [1.82, 2.24) is 14.7 Å². The molecule has 0 bridgehead atoms. The highest BCUT2D eigenvalue weighted by molar-refractivity contribution is 5.85. The van der Waals surface area contributed by atoms with Crippen molar-refractivity contribution in [2.45, 2.75) is 38.1 Å². The molecule has 140 valence electrons. The van der Waals surface area contributed by atoms with Crippen molar-refractivity contribution in [3.05, 3.63) is 47.5 Å². The fourth-order valence-electron chi connectivity index (χ4n) is 3.13. The van der Waals surface area contributed by atoms with Crippen LogP contribution in [0.4, 0.5) is 17.6 Å². The molecule has 0 saturated carbocycles. The molecule has 0 aliphatic carbocycles. The highest BCUT2D eigenvalue weighted by Crippen LogP contribution is 2.36. The third kappa shape index (κ3) is 2.86. The Kier molecular flexibility index (Phi) is 4.30. The van der Waals surface area contributed by atoms with Crippen LogP contribution in [0.15, 0.2) is 30.5 Å². The molecule has 0 spiro atoms. The minimum absolute atomic E-state index is 0.0434. The molecule has 1 aromatic heterocycles. The zero-order valence-corrected chi connectivity index (χ0v) is 14.1. The number of fused-ring (bicyclic) bond motifs is 1. The van der Waals surface area contributed by atoms with E-state index < -0.39 is 29.4 Å². The average molecular weight is 371 g/mol. The van der Waals surface area contributed by atoms with E-state index in [0.717, 1.165) is 4.90 Å². The molecule has 26 heavy (non-hydrogen) atoms. The first-order chi connectivity index (χ1) is 12.0. The van der Waals surface area contributed by atoms with Gasteiger partial charge in [-0.2, -0.15) is 18.3 Å². The second-order valence-corrected chi connectivity index (χ2v) is 6.57. The van der Waals surface area contributed by atoms with E-state index in [-0.39, 0.29) is 18.8 Å². The molecular formula is C17H17F4N3O2. The molecule has 1 aromatic carbocycles. The second-order valence-electron chi connectivity index (χ2n) is 6.57. The smallest absolute Gasteiger partial charge is 0.373 e. The van der Waals surface area contributed by atoms with Crippen LogP contribution in [0, 0.1) is 5.82 Å². The predicted octanol–water partition coefficient (Wildman–Crippen LogP) is 2.77. The molecule has 2 atom stereocenters. The first-order valence-corrected chi connectivity index (χ1v) is 7.94. The lowest BCUT2D eigenvalue weighted by molar-refractivity contribution is -0.250. The number of aliphatic hydroxyl groups is 1. The zero-order chi connectivity index (χ0) is 19.3. The molecule has 2 aromatic rings. The van der Waals surface area contributed by atoms with Crippen LogP contribution in [0.2, 0.25) is 0 Å². The summed E-state index contributed by atoms with van der Waals surface area (Å²) in [6.45, 7) is 1.97. The molecule has 1 N–H and O–H groups in total. The average Bonchev–Trinajstić information content (AvgIpc) is 2.97. The molecule has 1 amide bonds. The molecule has 0 saturated heterocycles. The molecule has 0 unspecified atom stereocenters. The van der Waals surface area contributed by atoms with Crippen molar-refractivity contribution in [3.63, 3.8) is 0 Å². The quantitative estimate of drug-likeness (QED) is 0.826. The lowest BCUT2D eigenvalue weighted by Crippen LogP contribution is -2.57. The lowest BCUT2D eigenvalue weighted by Gasteiger charge is -2.36. The maximum atomic E-state index is 14.1. The Bertz CT molecular complexity index is 845. The van der Waals surface area contributed by atoms with Crippen LogP contribution in [-0.2, 0) is 11.3 Å². The highest BCUT2D eigenvalue weighted by atomic mass is 19.4. The maximum absolute atomic E-state index is 14.1. The van der Waals surface area contributed by atoms with Gasteiger partial charge in [-0.1, -0.05) is 19.1 Å². The number of hydrogen-bond acceptors (Lipinski definition) is 3. The number of para-hydroxylation sites is 1. The lowest BCUT2D eigenvalue weighted by atomic mass is 9.95. The van der Waals surface area contributed by atoms with E-state index in [2.05, 4.69) is 5.10 Å². The number of halogens is 4. The normalized spacial score (nSPS) is 19.8. The first-order valence-electron chi connectivity index (χ1n) is 7.94. The van der Waals surface area contributed by atoms with Gasteiger partial charge in [-0.15, -0.1) is 0 Å². The van der Waals surface area contributed by atoms with Crippen molar-refractivity contribution >= 4 is 5.91 Å². The van der Waals surface area contributed by atoms with Gasteiger partial charge in [0.15, 0.2) is 0 Å². The molecule has 1 aliphatic rings. The third-order valence-electron chi connectivity index (χ3n) is 4.54. The number of alkyl halides is 3. The second kappa shape index (κ2) is 6.08. The van der Waals surface area contributed by atoms with Gasteiger partial charge in [0, 0.05) is 24.6 Å². The number of benzene rings is 1. The van der Waals surface area contributed by atoms with Crippen molar-refractivity contribution in [3.8, 4) is 5.69 Å². The van der Waals surface area contributed by atoms with Crippen LogP contribution < -0.4 is 0 Å². The van der Waals surface area contributed by atoms with E-state index in [0.29, 0.717) is 18.2 Å². The number of rotatable bonds is 2. The van der Waals surface area contributed by atoms with Crippen LogP contribution in [0.25, 0.3) is 5.69 Å². The van der Waals surface area contributed by atoms with Gasteiger partial charge in [0.1, 0.15) is 11.5 Å². The summed E-state index contributed by atoms with van der Waals surface area (Å²) in [7, 11) is 0. The Morgan fingerprint density at radius 2 is 1.96 bits per heavy atom. The Balaban J connectivity index is 1.94. The summed E-state index contributed by atoms with van der Waals surface area (Å²) in [6, 6.07) is 6.02. The Labute approximate surface area is 146 Å². The van der Waals surface area contributed by atoms with Gasteiger partial charge in [0.05, 0.1) is 11.9 Å². The number of carbonyl (C=O) groups is 1. The van der Waals surface area contributed by atoms with Gasteiger partial charge in [-0.3, -0.25) is 4.79 Å². The topological polar surface area (TPSA) is 58.4 Å². The minimum Gasteiger partial charge on any atom is -0.373 e. The molecule has 2 heterocycles. The minimum atomic E-state index is -5.08. The van der Waals surface area contributed by atoms with E-state index in [1.54, 1.807) is 19.1 Å². The number of aromatic nitrogens is 2. The fraction of sp³-hybridized carbons (Fsp3) is 0.412. The van der Waals surface area contributed by atoms with Gasteiger partial charge in [0.25, 0.3) is 5.91 Å². The van der Waals surface area contributed by atoms with Crippen LogP contribution in [-0.4, -0.2) is 44.0 Å². The standard InChI is InChI=1S/C17H17F4N3O2/c1-10-8-23(15(25)16(2,26)17(19,20)21)9-11-7-22-24(14(10)11)13-6-4-3-5-12(13)18/h3-7,10,26H,8-9H2,1-2H3/t10-,16-/m1/s1. The predicted molar refractivity (Wildman–Crippen MR) is 84.0 cm³/mol. The van der Waals surface area contributed by atoms with Gasteiger partial charge in [-0.05, 0) is 19.1 Å². The highest BCUT2D eigenvalue weighted by Gasteiger charge is 2.57. The summed E-state index contributed by atoms with van der Waals surface area (Å²) in [5, 5.41) is 13.8. The van der Waals surface area contributed by atoms with Crippen molar-refractivity contribution in [2.75, 3.05) is 6.54 Å². The van der Waals surface area contributed by atoms with Gasteiger partial charge in [0.2, 0.25) is 5.60 Å². The molecular weight excluding hydrogens is 354 g/mol. The molecule has 0 radical (unpaired) electrons. The third-order valence-corrected chi connectivity index (χ3v) is 4.54. The van der Waals surface area contributed by atoms with E-state index >= 15 is 0 Å². The fourth-order valence-corrected chi connectivity index (χ4v) is 3.13. The summed E-state index contributed by atoms with van der Waals surface area (Å²) < 4.78 is 54.3. The van der Waals surface area contributed by atoms with Gasteiger partial charge >= 0.3 is 6.18 Å². The number of nitrogens with zero attached hydrogens (tertiary/aromatic N) is 3. The van der Waals surface area contributed by atoms with Crippen molar-refractivity contribution in [2.24, 2.45) is 0 Å². The Morgan fingerprint density at radius 1 is 1.31 bits per heavy atom. The SMILES string of the molecule is C[C@@H]1CN(C(=O)[C@@](C)(O)C(F)(F)F)Cc2cnn(-c3ccccc3F)c21. The van der Waals surface area contributed by atoms with Crippen LogP contribution in [0.3, 0.4) is 0 Å². The van der Waals surface area contributed by atoms with Crippen LogP contribution >= 0.6 is 0 Å². The van der Waals surface area contributed by atoms with Crippen molar-refractivity contribution in [1.29, 1.82) is 0 Å². The van der Waals surface area contributed by atoms with Crippen LogP contribution in [0.5, 0.6) is 0 Å². The summed E-state index contributed by atoms with van der Waals surface area (Å²) in [5.74, 6) is -2.29. The van der Waals surface area contributed by atoms with E-state index in [9.17, 15) is 27.5 Å². The Morgan fingerprint density at radius 3 is 2.58 bits per heavy atom. The molecule has 5 nitrogen and oxygen atoms in total. The molecule has 3 rings (SSSR count). The van der Waals surface area contributed by atoms with Crippen LogP contribution in [0.1, 0.15) is 31.0 Å². The van der Waals surface area contributed by atoms with Gasteiger partial charge < -0.3 is 10.0 Å². The van der Waals surface area contributed by atoms with E-state index in [1.807, 2.05) is 0 Å². The van der Waals surface area contributed by atoms with Crippen molar-refractivity contribution < 1.29 is 27.5 Å². The number of amides is 1. The van der Waals surface area contributed by atoms with E-state index in [1.165, 1.54) is 23.0 Å². The largest absolute Gasteiger partial charge is 0.426 e. The van der Waals surface area contributed by atoms with Gasteiger partial charge in [-0.25, -0.2) is 9.07 Å². The number of hydrogen-bond donors (Lipinski definition) is 1. The maximum Gasteiger partial charge on any atom is 0.426 e. The summed E-state index contributed by atoms with van der Waals surface area (Å²) in [4.78, 5) is 13.2. The molecule has 0 fully saturated rings. The number of carbonyl (C=O) groups excluding carboxylic acids is 1. The zero-order valence-electron chi connectivity index (χ0n) is 14.1.